The van der Waals surface area contributed by atoms with Gasteiger partial charge in [-0.15, -0.1) is 0 Å². The number of fused-ring (bicyclic) bond motifs is 1. The molecule has 0 bridgehead atoms. The van der Waals surface area contributed by atoms with Crippen molar-refractivity contribution in [1.82, 2.24) is 13.9 Å². The molecule has 0 unspecified atom stereocenters. The van der Waals surface area contributed by atoms with Crippen molar-refractivity contribution in [1.29, 1.82) is 0 Å². The van der Waals surface area contributed by atoms with E-state index in [1.165, 1.54) is 10.6 Å². The van der Waals surface area contributed by atoms with Gasteiger partial charge >= 0.3 is 0 Å². The van der Waals surface area contributed by atoms with Gasteiger partial charge in [-0.3, -0.25) is 4.79 Å². The smallest absolute Gasteiger partial charge is 0.265 e. The first-order valence-electron chi connectivity index (χ1n) is 10.5. The van der Waals surface area contributed by atoms with Gasteiger partial charge in [0.25, 0.3) is 5.56 Å². The van der Waals surface area contributed by atoms with E-state index in [2.05, 4.69) is 40.1 Å². The molecule has 1 N–H and O–H groups in total. The molecule has 1 saturated heterocycles. The fraction of sp³-hybridized carbons (Fsp3) is 0.619. The Hall–Kier alpha value is -1.45. The lowest BCUT2D eigenvalue weighted by molar-refractivity contribution is 0.261. The van der Waals surface area contributed by atoms with Gasteiger partial charge in [0.05, 0.1) is 16.2 Å². The zero-order valence-electron chi connectivity index (χ0n) is 17.7. The molecule has 2 aliphatic rings. The van der Waals surface area contributed by atoms with E-state index in [0.717, 1.165) is 48.8 Å². The molecule has 1 atom stereocenters. The molecule has 30 heavy (non-hydrogen) atoms. The van der Waals surface area contributed by atoms with E-state index >= 15 is 0 Å². The van der Waals surface area contributed by atoms with Gasteiger partial charge in [0.2, 0.25) is 10.0 Å². The third kappa shape index (κ3) is 4.16. The molecule has 0 amide bonds. The van der Waals surface area contributed by atoms with E-state index in [-0.39, 0.29) is 23.1 Å². The summed E-state index contributed by atoms with van der Waals surface area (Å²) in [6.07, 6.45) is 7.75. The normalized spacial score (nSPS) is 23.1. The van der Waals surface area contributed by atoms with Crippen LogP contribution in [0.2, 0.25) is 0 Å². The molecule has 2 fully saturated rings. The number of hydrogen-bond donors (Lipinski definition) is 1. The number of halogens is 1. The summed E-state index contributed by atoms with van der Waals surface area (Å²) in [5.41, 5.74) is 0.961. The molecule has 2 aromatic rings. The molecule has 0 spiro atoms. The highest BCUT2D eigenvalue weighted by Gasteiger charge is 2.37. The summed E-state index contributed by atoms with van der Waals surface area (Å²) >= 11 is 3.44. The number of nitrogens with zero attached hydrogens (tertiary/aromatic N) is 3. The lowest BCUT2D eigenvalue weighted by Crippen LogP contribution is -2.41. The van der Waals surface area contributed by atoms with Gasteiger partial charge in [0.15, 0.2) is 0 Å². The number of nitrogens with one attached hydrogen (secondary N) is 1. The summed E-state index contributed by atoms with van der Waals surface area (Å²) in [5, 5.41) is 4.39. The highest BCUT2D eigenvalue weighted by atomic mass is 79.9. The number of sulfonamides is 1. The van der Waals surface area contributed by atoms with Crippen LogP contribution in [0.1, 0.15) is 52.0 Å². The zero-order chi connectivity index (χ0) is 21.7. The number of rotatable bonds is 4. The molecule has 7 nitrogen and oxygen atoms in total. The van der Waals surface area contributed by atoms with E-state index < -0.39 is 10.0 Å². The standard InChI is InChI=1S/C21H29BrN4O3S/c1-21(2)8-4-5-18(21)26-17-12-19(23-13-14(17)11-16(22)20(26)27)24-15-6-9-25(10-7-15)30(3,28)29/h11-13,15,18H,4-10H2,1-3H3,(H,23,24)/t18-/m1/s1. The monoisotopic (exact) mass is 496 g/mol. The van der Waals surface area contributed by atoms with Crippen LogP contribution >= 0.6 is 15.9 Å². The second-order valence-electron chi connectivity index (χ2n) is 9.27. The molecule has 9 heteroatoms. The Morgan fingerprint density at radius 3 is 2.50 bits per heavy atom. The lowest BCUT2D eigenvalue weighted by Gasteiger charge is -2.31. The van der Waals surface area contributed by atoms with Crippen LogP contribution in [0, 0.1) is 5.41 Å². The lowest BCUT2D eigenvalue weighted by atomic mass is 9.87. The van der Waals surface area contributed by atoms with Gasteiger partial charge in [-0.2, -0.15) is 0 Å². The maximum Gasteiger partial charge on any atom is 0.265 e. The third-order valence-electron chi connectivity index (χ3n) is 6.66. The fourth-order valence-corrected chi connectivity index (χ4v) is 6.23. The van der Waals surface area contributed by atoms with Gasteiger partial charge in [-0.05, 0) is 53.1 Å². The van der Waals surface area contributed by atoms with Crippen molar-refractivity contribution in [2.24, 2.45) is 5.41 Å². The summed E-state index contributed by atoms with van der Waals surface area (Å²) in [5.74, 6) is 0.728. The number of aromatic nitrogens is 2. The van der Waals surface area contributed by atoms with Gasteiger partial charge < -0.3 is 9.88 Å². The van der Waals surface area contributed by atoms with E-state index in [4.69, 9.17) is 0 Å². The van der Waals surface area contributed by atoms with Crippen LogP contribution in [0.15, 0.2) is 27.6 Å². The molecule has 1 aliphatic heterocycles. The Morgan fingerprint density at radius 1 is 1.20 bits per heavy atom. The number of hydrogen-bond acceptors (Lipinski definition) is 5. The third-order valence-corrected chi connectivity index (χ3v) is 8.54. The van der Waals surface area contributed by atoms with Crippen LogP contribution in [-0.4, -0.2) is 47.7 Å². The molecular formula is C21H29BrN4O3S. The summed E-state index contributed by atoms with van der Waals surface area (Å²) in [6.45, 7) is 5.50. The topological polar surface area (TPSA) is 84.3 Å². The maximum atomic E-state index is 13.1. The maximum absolute atomic E-state index is 13.1. The van der Waals surface area contributed by atoms with Gasteiger partial charge in [-0.25, -0.2) is 17.7 Å². The van der Waals surface area contributed by atoms with Crippen molar-refractivity contribution in [3.05, 3.63) is 33.2 Å². The first-order chi connectivity index (χ1) is 14.1. The molecule has 1 aliphatic carbocycles. The predicted molar refractivity (Wildman–Crippen MR) is 123 cm³/mol. The predicted octanol–water partition coefficient (Wildman–Crippen LogP) is 3.75. The molecule has 2 aromatic heterocycles. The van der Waals surface area contributed by atoms with E-state index in [9.17, 15) is 13.2 Å². The summed E-state index contributed by atoms with van der Waals surface area (Å²) in [6, 6.07) is 4.13. The Kier molecular flexibility index (Phi) is 5.74. The quantitative estimate of drug-likeness (QED) is 0.696. The van der Waals surface area contributed by atoms with E-state index in [0.29, 0.717) is 17.6 Å². The van der Waals surface area contributed by atoms with Gasteiger partial charge in [-0.1, -0.05) is 20.3 Å². The average Bonchev–Trinajstić information content (AvgIpc) is 3.02. The number of piperidine rings is 1. The van der Waals surface area contributed by atoms with Crippen LogP contribution < -0.4 is 10.9 Å². The minimum atomic E-state index is -3.14. The first kappa shape index (κ1) is 21.8. The Bertz CT molecular complexity index is 1120. The van der Waals surface area contributed by atoms with Crippen LogP contribution in [0.25, 0.3) is 10.9 Å². The molecule has 4 rings (SSSR count). The molecular weight excluding hydrogens is 468 g/mol. The van der Waals surface area contributed by atoms with Crippen molar-refractivity contribution >= 4 is 42.7 Å². The van der Waals surface area contributed by atoms with Crippen molar-refractivity contribution in [2.45, 2.75) is 58.0 Å². The molecule has 1 saturated carbocycles. The highest BCUT2D eigenvalue weighted by Crippen LogP contribution is 2.46. The zero-order valence-corrected chi connectivity index (χ0v) is 20.1. The van der Waals surface area contributed by atoms with E-state index in [1.54, 1.807) is 0 Å². The molecule has 164 valence electrons. The van der Waals surface area contributed by atoms with Crippen LogP contribution in [-0.2, 0) is 10.0 Å². The minimum Gasteiger partial charge on any atom is -0.367 e. The Morgan fingerprint density at radius 2 is 1.90 bits per heavy atom. The average molecular weight is 497 g/mol. The van der Waals surface area contributed by atoms with Crippen molar-refractivity contribution < 1.29 is 8.42 Å². The Balaban J connectivity index is 1.65. The number of pyridine rings is 2. The highest BCUT2D eigenvalue weighted by molar-refractivity contribution is 9.10. The molecule has 0 radical (unpaired) electrons. The van der Waals surface area contributed by atoms with E-state index in [1.807, 2.05) is 22.9 Å². The molecule has 3 heterocycles. The second kappa shape index (κ2) is 7.91. The first-order valence-corrected chi connectivity index (χ1v) is 13.1. The van der Waals surface area contributed by atoms with Gasteiger partial charge in [0.1, 0.15) is 5.82 Å². The summed E-state index contributed by atoms with van der Waals surface area (Å²) < 4.78 is 27.5. The summed E-state index contributed by atoms with van der Waals surface area (Å²) in [4.78, 5) is 17.7. The second-order valence-corrected chi connectivity index (χ2v) is 12.1. The van der Waals surface area contributed by atoms with Crippen LogP contribution in [0.3, 0.4) is 0 Å². The molecule has 0 aromatic carbocycles. The fourth-order valence-electron chi connectivity index (χ4n) is 4.91. The van der Waals surface area contributed by atoms with Crippen molar-refractivity contribution in [3.8, 4) is 0 Å². The Labute approximate surface area is 186 Å². The largest absolute Gasteiger partial charge is 0.367 e. The van der Waals surface area contributed by atoms with Crippen LogP contribution in [0.5, 0.6) is 0 Å². The summed E-state index contributed by atoms with van der Waals surface area (Å²) in [7, 11) is -3.14. The minimum absolute atomic E-state index is 0.00101. The number of anilines is 1. The van der Waals surface area contributed by atoms with Gasteiger partial charge in [0, 0.05) is 42.8 Å². The van der Waals surface area contributed by atoms with Crippen molar-refractivity contribution in [3.63, 3.8) is 0 Å². The SMILES string of the molecule is CC1(C)CCC[C@H]1n1c(=O)c(Br)cc2cnc(NC3CCN(S(C)(=O)=O)CC3)cc21. The van der Waals surface area contributed by atoms with Crippen LogP contribution in [0.4, 0.5) is 5.82 Å². The van der Waals surface area contributed by atoms with Crippen molar-refractivity contribution in [2.75, 3.05) is 24.7 Å².